The molecule has 5 nitrogen and oxygen atoms in total. The summed E-state index contributed by atoms with van der Waals surface area (Å²) in [6.45, 7) is 2.03. The minimum Gasteiger partial charge on any atom is -0.507 e. The van der Waals surface area contributed by atoms with Gasteiger partial charge >= 0.3 is 0 Å². The van der Waals surface area contributed by atoms with Gasteiger partial charge in [-0.25, -0.2) is 4.98 Å². The Morgan fingerprint density at radius 3 is 2.73 bits per heavy atom. The molecule has 0 aliphatic heterocycles. The zero-order valence-electron chi connectivity index (χ0n) is 14.6. The largest absolute Gasteiger partial charge is 0.507 e. The van der Waals surface area contributed by atoms with Crippen LogP contribution in [-0.4, -0.2) is 22.4 Å². The summed E-state index contributed by atoms with van der Waals surface area (Å²) in [5, 5.41) is 15.5. The molecule has 4 rings (SSSR count). The summed E-state index contributed by atoms with van der Waals surface area (Å²) in [6, 6.07) is 15.3. The minimum atomic E-state index is 0.0813. The van der Waals surface area contributed by atoms with Crippen molar-refractivity contribution in [2.45, 2.75) is 13.3 Å². The van der Waals surface area contributed by atoms with E-state index >= 15 is 0 Å². The van der Waals surface area contributed by atoms with Gasteiger partial charge in [-0.1, -0.05) is 36.3 Å². The number of hydrogen-bond acceptors (Lipinski definition) is 5. The van der Waals surface area contributed by atoms with E-state index < -0.39 is 0 Å². The van der Waals surface area contributed by atoms with Gasteiger partial charge in [-0.15, -0.1) is 0 Å². The van der Waals surface area contributed by atoms with Gasteiger partial charge in [0.1, 0.15) is 11.5 Å². The van der Waals surface area contributed by atoms with E-state index in [1.54, 1.807) is 19.4 Å². The van der Waals surface area contributed by atoms with E-state index in [1.807, 2.05) is 49.4 Å². The van der Waals surface area contributed by atoms with Crippen molar-refractivity contribution in [1.82, 2.24) is 10.1 Å². The summed E-state index contributed by atoms with van der Waals surface area (Å²) < 4.78 is 10.8. The molecular formula is C21H18N2O3. The number of benzene rings is 2. The number of aryl methyl sites for hydroxylation is 1. The Morgan fingerprint density at radius 1 is 1.08 bits per heavy atom. The van der Waals surface area contributed by atoms with Crippen molar-refractivity contribution in [2.24, 2.45) is 0 Å². The second kappa shape index (κ2) is 6.52. The number of phenolic OH excluding ortho intramolecular Hbond substituents is 1. The van der Waals surface area contributed by atoms with Crippen LogP contribution in [0.4, 0.5) is 0 Å². The average molecular weight is 346 g/mol. The van der Waals surface area contributed by atoms with Crippen molar-refractivity contribution < 1.29 is 14.4 Å². The molecule has 0 saturated heterocycles. The Hall–Kier alpha value is -3.34. The lowest BCUT2D eigenvalue weighted by Gasteiger charge is -2.11. The predicted octanol–water partition coefficient (Wildman–Crippen LogP) is 4.83. The monoisotopic (exact) mass is 346 g/mol. The summed E-state index contributed by atoms with van der Waals surface area (Å²) >= 11 is 0. The molecule has 2 aromatic carbocycles. The van der Waals surface area contributed by atoms with Gasteiger partial charge in [0.2, 0.25) is 0 Å². The third-order valence-electron chi connectivity index (χ3n) is 4.47. The van der Waals surface area contributed by atoms with Crippen LogP contribution in [0, 0.1) is 0 Å². The summed E-state index contributed by atoms with van der Waals surface area (Å²) in [6.07, 6.45) is 2.40. The van der Waals surface area contributed by atoms with Crippen molar-refractivity contribution in [1.29, 1.82) is 0 Å². The van der Waals surface area contributed by atoms with Crippen molar-refractivity contribution in [3.8, 4) is 34.1 Å². The highest BCUT2D eigenvalue weighted by Gasteiger charge is 2.19. The van der Waals surface area contributed by atoms with Gasteiger partial charge in [0.05, 0.1) is 35.6 Å². The van der Waals surface area contributed by atoms with E-state index in [-0.39, 0.29) is 5.75 Å². The molecule has 0 radical (unpaired) electrons. The quantitative estimate of drug-likeness (QED) is 0.573. The maximum atomic E-state index is 10.5. The van der Waals surface area contributed by atoms with Gasteiger partial charge in [0.25, 0.3) is 0 Å². The number of pyridine rings is 1. The molecule has 2 heterocycles. The van der Waals surface area contributed by atoms with E-state index in [0.717, 1.165) is 34.1 Å². The van der Waals surface area contributed by atoms with Crippen molar-refractivity contribution >= 4 is 10.9 Å². The Morgan fingerprint density at radius 2 is 1.92 bits per heavy atom. The lowest BCUT2D eigenvalue weighted by molar-refractivity contribution is 0.401. The number of methoxy groups -OCH3 is 1. The molecule has 1 N–H and O–H groups in total. The Bertz CT molecular complexity index is 1090. The number of rotatable bonds is 4. The zero-order valence-corrected chi connectivity index (χ0v) is 14.6. The molecule has 2 aromatic heterocycles. The third kappa shape index (κ3) is 2.67. The smallest absolute Gasteiger partial charge is 0.179 e. The minimum absolute atomic E-state index is 0.0813. The lowest BCUT2D eigenvalue weighted by Crippen LogP contribution is -1.93. The summed E-state index contributed by atoms with van der Waals surface area (Å²) in [5.41, 5.74) is 3.93. The first-order valence-electron chi connectivity index (χ1n) is 8.42. The Labute approximate surface area is 150 Å². The molecule has 26 heavy (non-hydrogen) atoms. The molecule has 0 aliphatic rings. The molecule has 0 fully saturated rings. The topological polar surface area (TPSA) is 68.4 Å². The van der Waals surface area contributed by atoms with Crippen LogP contribution < -0.4 is 4.74 Å². The number of hydrogen-bond donors (Lipinski definition) is 1. The number of aromatic hydroxyl groups is 1. The van der Waals surface area contributed by atoms with Gasteiger partial charge in [0, 0.05) is 11.5 Å². The van der Waals surface area contributed by atoms with Crippen LogP contribution in [0.1, 0.15) is 12.5 Å². The molecule has 5 heteroatoms. The molecular weight excluding hydrogens is 328 g/mol. The molecule has 0 atom stereocenters. The van der Waals surface area contributed by atoms with Gasteiger partial charge in [-0.2, -0.15) is 0 Å². The molecule has 0 amide bonds. The van der Waals surface area contributed by atoms with Crippen molar-refractivity contribution in [2.75, 3.05) is 7.11 Å². The zero-order chi connectivity index (χ0) is 18.1. The molecule has 4 aromatic rings. The fraction of sp³-hybridized carbons (Fsp3) is 0.143. The lowest BCUT2D eigenvalue weighted by atomic mass is 10.0. The van der Waals surface area contributed by atoms with Crippen LogP contribution in [0.15, 0.2) is 59.3 Å². The summed E-state index contributed by atoms with van der Waals surface area (Å²) in [7, 11) is 1.59. The fourth-order valence-electron chi connectivity index (χ4n) is 3.09. The summed E-state index contributed by atoms with van der Waals surface area (Å²) in [5.74, 6) is 1.22. The van der Waals surface area contributed by atoms with Crippen LogP contribution in [0.2, 0.25) is 0 Å². The number of ether oxygens (including phenoxy) is 1. The standard InChI is InChI=1S/C21H18N2O3/c1-3-13-10-15(19(24)11-20(13)25-2)21-16(12-22-26-21)18-9-8-14-6-4-5-7-17(14)23-18/h4-12,24H,3H2,1-2H3. The van der Waals surface area contributed by atoms with Gasteiger partial charge in [0.15, 0.2) is 5.76 Å². The van der Waals surface area contributed by atoms with Gasteiger partial charge in [-0.05, 0) is 30.2 Å². The van der Waals surface area contributed by atoms with E-state index in [4.69, 9.17) is 14.2 Å². The van der Waals surface area contributed by atoms with Crippen LogP contribution in [0.3, 0.4) is 0 Å². The highest BCUT2D eigenvalue weighted by molar-refractivity contribution is 5.86. The van der Waals surface area contributed by atoms with Gasteiger partial charge in [-0.3, -0.25) is 0 Å². The highest BCUT2D eigenvalue weighted by Crippen LogP contribution is 2.40. The molecule has 0 spiro atoms. The second-order valence-corrected chi connectivity index (χ2v) is 5.99. The van der Waals surface area contributed by atoms with E-state index in [1.165, 1.54) is 0 Å². The number of phenols is 1. The summed E-state index contributed by atoms with van der Waals surface area (Å²) in [4.78, 5) is 4.70. The average Bonchev–Trinajstić information content (AvgIpc) is 3.16. The van der Waals surface area contributed by atoms with E-state index in [2.05, 4.69) is 5.16 Å². The molecule has 0 saturated carbocycles. The van der Waals surface area contributed by atoms with Crippen LogP contribution in [-0.2, 0) is 6.42 Å². The number of fused-ring (bicyclic) bond motifs is 1. The molecule has 130 valence electrons. The number of nitrogens with zero attached hydrogens (tertiary/aromatic N) is 2. The third-order valence-corrected chi connectivity index (χ3v) is 4.47. The Balaban J connectivity index is 1.87. The number of aromatic nitrogens is 2. The van der Waals surface area contributed by atoms with E-state index in [9.17, 15) is 5.11 Å². The number of para-hydroxylation sites is 1. The van der Waals surface area contributed by atoms with Crippen LogP contribution in [0.5, 0.6) is 11.5 Å². The normalized spacial score (nSPS) is 11.0. The SMILES string of the molecule is CCc1cc(-c2oncc2-c2ccc3ccccc3n2)c(O)cc1OC. The first kappa shape index (κ1) is 16.1. The second-order valence-electron chi connectivity index (χ2n) is 5.99. The molecule has 0 unspecified atom stereocenters. The first-order chi connectivity index (χ1) is 12.7. The highest BCUT2D eigenvalue weighted by atomic mass is 16.5. The van der Waals surface area contributed by atoms with Crippen LogP contribution in [0.25, 0.3) is 33.5 Å². The molecule has 0 aliphatic carbocycles. The molecule has 0 bridgehead atoms. The maximum Gasteiger partial charge on any atom is 0.179 e. The maximum absolute atomic E-state index is 10.5. The fourth-order valence-corrected chi connectivity index (χ4v) is 3.09. The predicted molar refractivity (Wildman–Crippen MR) is 100 cm³/mol. The van der Waals surface area contributed by atoms with Gasteiger partial charge < -0.3 is 14.4 Å². The van der Waals surface area contributed by atoms with Crippen molar-refractivity contribution in [3.63, 3.8) is 0 Å². The van der Waals surface area contributed by atoms with Crippen LogP contribution >= 0.6 is 0 Å². The first-order valence-corrected chi connectivity index (χ1v) is 8.42. The Kier molecular flexibility index (Phi) is 4.05. The van der Waals surface area contributed by atoms with E-state index in [0.29, 0.717) is 17.1 Å². The van der Waals surface area contributed by atoms with Crippen molar-refractivity contribution in [3.05, 3.63) is 60.3 Å².